The number of carbonyl (C=O) groups is 1. The average molecular weight is 211 g/mol. The summed E-state index contributed by atoms with van der Waals surface area (Å²) in [5.41, 5.74) is 0. The third-order valence-electron chi connectivity index (χ3n) is 2.09. The van der Waals surface area contributed by atoms with E-state index in [-0.39, 0.29) is 23.1 Å². The van der Waals surface area contributed by atoms with E-state index in [1.807, 2.05) is 38.3 Å². The van der Waals surface area contributed by atoms with Crippen LogP contribution in [0.1, 0.15) is 13.8 Å². The van der Waals surface area contributed by atoms with Crippen LogP contribution >= 0.6 is 11.8 Å². The molecule has 3 heteroatoms. The molecule has 0 aliphatic heterocycles. The Morgan fingerprint density at radius 1 is 1.36 bits per heavy atom. The lowest BCUT2D eigenvalue weighted by Crippen LogP contribution is -2.38. The monoisotopic (exact) mass is 211 g/mol. The van der Waals surface area contributed by atoms with Crippen LogP contribution in [0.4, 0.5) is 0 Å². The van der Waals surface area contributed by atoms with Gasteiger partial charge < -0.3 is 5.32 Å². The van der Waals surface area contributed by atoms with Gasteiger partial charge in [0.15, 0.2) is 0 Å². The molecule has 14 heavy (non-hydrogen) atoms. The first-order valence-corrected chi connectivity index (χ1v) is 6.12. The van der Waals surface area contributed by atoms with E-state index in [0.29, 0.717) is 0 Å². The minimum Gasteiger partial charge on any atom is -0.353 e. The molecule has 0 radical (unpaired) electrons. The SMILES string of the molecule is CSC1C=CC=CC1C(=O)NC(C)C. The van der Waals surface area contributed by atoms with Crippen LogP contribution in [0.3, 0.4) is 0 Å². The fourth-order valence-corrected chi connectivity index (χ4v) is 2.18. The molecule has 78 valence electrons. The molecule has 0 aromatic rings. The van der Waals surface area contributed by atoms with E-state index in [1.54, 1.807) is 11.8 Å². The van der Waals surface area contributed by atoms with E-state index in [1.165, 1.54) is 0 Å². The van der Waals surface area contributed by atoms with Crippen LogP contribution in [-0.4, -0.2) is 23.5 Å². The van der Waals surface area contributed by atoms with Crippen LogP contribution in [0, 0.1) is 5.92 Å². The average Bonchev–Trinajstić information content (AvgIpc) is 2.16. The Morgan fingerprint density at radius 3 is 2.57 bits per heavy atom. The van der Waals surface area contributed by atoms with Crippen molar-refractivity contribution in [3.63, 3.8) is 0 Å². The summed E-state index contributed by atoms with van der Waals surface area (Å²) in [6.07, 6.45) is 10.0. The molecule has 0 saturated carbocycles. The molecule has 0 saturated heterocycles. The van der Waals surface area contributed by atoms with E-state index < -0.39 is 0 Å². The van der Waals surface area contributed by atoms with Gasteiger partial charge in [-0.15, -0.1) is 0 Å². The van der Waals surface area contributed by atoms with Crippen LogP contribution in [-0.2, 0) is 4.79 Å². The smallest absolute Gasteiger partial charge is 0.228 e. The molecule has 0 aromatic carbocycles. The van der Waals surface area contributed by atoms with Gasteiger partial charge in [0.25, 0.3) is 0 Å². The standard InChI is InChI=1S/C11H17NOS/c1-8(2)12-11(13)9-6-4-5-7-10(9)14-3/h4-10H,1-3H3,(H,12,13). The van der Waals surface area contributed by atoms with Gasteiger partial charge in [-0.25, -0.2) is 0 Å². The minimum atomic E-state index is -0.0163. The highest BCUT2D eigenvalue weighted by molar-refractivity contribution is 7.99. The predicted octanol–water partition coefficient (Wildman–Crippen LogP) is 1.98. The Kier molecular flexibility index (Phi) is 4.26. The third kappa shape index (κ3) is 2.91. The summed E-state index contributed by atoms with van der Waals surface area (Å²) >= 11 is 1.71. The Balaban J connectivity index is 2.61. The number of rotatable bonds is 3. The Bertz CT molecular complexity index is 258. The molecule has 1 N–H and O–H groups in total. The first-order valence-electron chi connectivity index (χ1n) is 4.83. The van der Waals surface area contributed by atoms with Gasteiger partial charge in [-0.05, 0) is 20.1 Å². The normalized spacial score (nSPS) is 25.4. The molecule has 2 nitrogen and oxygen atoms in total. The predicted molar refractivity (Wildman–Crippen MR) is 62.4 cm³/mol. The summed E-state index contributed by atoms with van der Waals surface area (Å²) in [5, 5.41) is 3.22. The maximum atomic E-state index is 11.8. The molecule has 1 rings (SSSR count). The Hall–Kier alpha value is -0.700. The number of allylic oxidation sites excluding steroid dienone is 2. The van der Waals surface area contributed by atoms with Gasteiger partial charge in [-0.2, -0.15) is 11.8 Å². The summed E-state index contributed by atoms with van der Waals surface area (Å²) in [4.78, 5) is 11.8. The first-order chi connectivity index (χ1) is 6.65. The lowest BCUT2D eigenvalue weighted by atomic mass is 9.99. The minimum absolute atomic E-state index is 0.0163. The quantitative estimate of drug-likeness (QED) is 0.773. The fourth-order valence-electron chi connectivity index (χ4n) is 1.43. The van der Waals surface area contributed by atoms with Crippen LogP contribution < -0.4 is 5.32 Å². The number of hydrogen-bond acceptors (Lipinski definition) is 2. The molecule has 0 aromatic heterocycles. The van der Waals surface area contributed by atoms with E-state index in [9.17, 15) is 4.79 Å². The molecule has 1 amide bonds. The molecule has 0 heterocycles. The highest BCUT2D eigenvalue weighted by Gasteiger charge is 2.24. The largest absolute Gasteiger partial charge is 0.353 e. The van der Waals surface area contributed by atoms with Crippen molar-refractivity contribution in [3.8, 4) is 0 Å². The van der Waals surface area contributed by atoms with E-state index in [4.69, 9.17) is 0 Å². The number of amides is 1. The second kappa shape index (κ2) is 5.25. The topological polar surface area (TPSA) is 29.1 Å². The highest BCUT2D eigenvalue weighted by atomic mass is 32.2. The second-order valence-corrected chi connectivity index (χ2v) is 4.67. The van der Waals surface area contributed by atoms with E-state index >= 15 is 0 Å². The highest BCUT2D eigenvalue weighted by Crippen LogP contribution is 2.23. The lowest BCUT2D eigenvalue weighted by Gasteiger charge is -2.22. The number of carbonyl (C=O) groups excluding carboxylic acids is 1. The van der Waals surface area contributed by atoms with Gasteiger partial charge in [0.2, 0.25) is 5.91 Å². The maximum absolute atomic E-state index is 11.8. The molecule has 1 aliphatic carbocycles. The van der Waals surface area contributed by atoms with Crippen molar-refractivity contribution in [2.24, 2.45) is 5.92 Å². The molecular weight excluding hydrogens is 194 g/mol. The maximum Gasteiger partial charge on any atom is 0.228 e. The number of nitrogens with one attached hydrogen (secondary N) is 1. The molecule has 1 aliphatic rings. The fraction of sp³-hybridized carbons (Fsp3) is 0.545. The number of thioether (sulfide) groups is 1. The van der Waals surface area contributed by atoms with Crippen LogP contribution in [0.5, 0.6) is 0 Å². The van der Waals surface area contributed by atoms with Crippen LogP contribution in [0.15, 0.2) is 24.3 Å². The Morgan fingerprint density at radius 2 is 2.00 bits per heavy atom. The summed E-state index contributed by atoms with van der Waals surface area (Å²) in [6.45, 7) is 3.96. The van der Waals surface area contributed by atoms with E-state index in [0.717, 1.165) is 0 Å². The molecule has 2 atom stereocenters. The van der Waals surface area contributed by atoms with Gasteiger partial charge >= 0.3 is 0 Å². The van der Waals surface area contributed by atoms with Gasteiger partial charge in [-0.3, -0.25) is 4.79 Å². The van der Waals surface area contributed by atoms with Gasteiger partial charge in [0.05, 0.1) is 5.92 Å². The second-order valence-electron chi connectivity index (χ2n) is 3.66. The molecule has 2 unspecified atom stereocenters. The van der Waals surface area contributed by atoms with Crippen molar-refractivity contribution in [1.82, 2.24) is 5.32 Å². The molecule has 0 bridgehead atoms. The van der Waals surface area contributed by atoms with Crippen molar-refractivity contribution in [2.75, 3.05) is 6.26 Å². The zero-order valence-corrected chi connectivity index (χ0v) is 9.67. The van der Waals surface area contributed by atoms with Crippen molar-refractivity contribution in [2.45, 2.75) is 25.1 Å². The van der Waals surface area contributed by atoms with Gasteiger partial charge in [0, 0.05) is 11.3 Å². The van der Waals surface area contributed by atoms with Crippen molar-refractivity contribution in [3.05, 3.63) is 24.3 Å². The summed E-state index contributed by atoms with van der Waals surface area (Å²) in [6, 6.07) is 0.212. The summed E-state index contributed by atoms with van der Waals surface area (Å²) in [7, 11) is 0. The van der Waals surface area contributed by atoms with Crippen molar-refractivity contribution < 1.29 is 4.79 Å². The molecule has 0 fully saturated rings. The zero-order chi connectivity index (χ0) is 10.6. The van der Waals surface area contributed by atoms with Crippen molar-refractivity contribution in [1.29, 1.82) is 0 Å². The molecular formula is C11H17NOS. The third-order valence-corrected chi connectivity index (χ3v) is 3.08. The van der Waals surface area contributed by atoms with Gasteiger partial charge in [-0.1, -0.05) is 24.3 Å². The zero-order valence-electron chi connectivity index (χ0n) is 8.86. The molecule has 0 spiro atoms. The van der Waals surface area contributed by atoms with Crippen LogP contribution in [0.2, 0.25) is 0 Å². The van der Waals surface area contributed by atoms with Gasteiger partial charge in [0.1, 0.15) is 0 Å². The van der Waals surface area contributed by atoms with Crippen LogP contribution in [0.25, 0.3) is 0 Å². The van der Waals surface area contributed by atoms with Crippen molar-refractivity contribution >= 4 is 17.7 Å². The number of hydrogen-bond donors (Lipinski definition) is 1. The lowest BCUT2D eigenvalue weighted by molar-refractivity contribution is -0.123. The summed E-state index contributed by atoms with van der Waals surface area (Å²) in [5.74, 6) is 0.109. The first kappa shape index (κ1) is 11.4. The Labute approximate surface area is 89.8 Å². The summed E-state index contributed by atoms with van der Waals surface area (Å²) < 4.78 is 0. The van der Waals surface area contributed by atoms with E-state index in [2.05, 4.69) is 11.4 Å².